The molecule has 0 heterocycles. The highest BCUT2D eigenvalue weighted by molar-refractivity contribution is 5.97. The Morgan fingerprint density at radius 2 is 1.72 bits per heavy atom. The highest BCUT2D eigenvalue weighted by Crippen LogP contribution is 2.04. The van der Waals surface area contributed by atoms with Crippen molar-refractivity contribution in [1.29, 1.82) is 0 Å². The number of Topliss-reactive ketones (excluding diaryl/α,β-unsaturated/α-hetero) is 1. The maximum absolute atomic E-state index is 11.6. The van der Waals surface area contributed by atoms with Crippen molar-refractivity contribution in [3.63, 3.8) is 0 Å². The Labute approximate surface area is 105 Å². The van der Waals surface area contributed by atoms with Gasteiger partial charge in [-0.3, -0.25) is 9.59 Å². The van der Waals surface area contributed by atoms with E-state index in [1.165, 1.54) is 0 Å². The van der Waals surface area contributed by atoms with E-state index in [1.54, 1.807) is 30.3 Å². The number of ether oxygens (including phenoxy) is 1. The largest absolute Gasteiger partial charge is 0.457 e. The molecule has 0 spiro atoms. The van der Waals surface area contributed by atoms with Gasteiger partial charge in [-0.2, -0.15) is 0 Å². The number of esters is 1. The molecule has 0 aliphatic rings. The van der Waals surface area contributed by atoms with Gasteiger partial charge in [-0.05, 0) is 0 Å². The lowest BCUT2D eigenvalue weighted by molar-refractivity contribution is -0.144. The summed E-state index contributed by atoms with van der Waals surface area (Å²) in [7, 11) is 0. The zero-order valence-corrected chi connectivity index (χ0v) is 9.91. The lowest BCUT2D eigenvalue weighted by Crippen LogP contribution is -2.20. The molecule has 18 heavy (non-hydrogen) atoms. The van der Waals surface area contributed by atoms with Crippen molar-refractivity contribution in [1.82, 2.24) is 0 Å². The maximum atomic E-state index is 11.6. The number of hydrogen-bond donors (Lipinski definition) is 2. The second-order valence-corrected chi connectivity index (χ2v) is 3.89. The summed E-state index contributed by atoms with van der Waals surface area (Å²) in [4.78, 5) is 22.9. The first kappa shape index (κ1) is 14.3. The van der Waals surface area contributed by atoms with E-state index < -0.39 is 11.9 Å². The molecule has 98 valence electrons. The third-order valence-electron chi connectivity index (χ3n) is 2.43. The first-order chi connectivity index (χ1) is 8.67. The summed E-state index contributed by atoms with van der Waals surface area (Å²) in [5.41, 5.74) is 0.478. The van der Waals surface area contributed by atoms with E-state index >= 15 is 0 Å². The molecule has 0 aliphatic heterocycles. The Morgan fingerprint density at radius 1 is 1.11 bits per heavy atom. The van der Waals surface area contributed by atoms with Gasteiger partial charge in [-0.25, -0.2) is 0 Å². The highest BCUT2D eigenvalue weighted by Gasteiger charge is 2.15. The predicted octanol–water partition coefficient (Wildman–Crippen LogP) is 0.403. The molecular formula is C13H16O5. The van der Waals surface area contributed by atoms with Gasteiger partial charge in [0, 0.05) is 24.7 Å². The molecule has 0 radical (unpaired) electrons. The normalized spacial score (nSPS) is 10.4. The summed E-state index contributed by atoms with van der Waals surface area (Å²) >= 11 is 0. The van der Waals surface area contributed by atoms with Crippen LogP contribution in [0.2, 0.25) is 0 Å². The Bertz CT molecular complexity index is 384. The number of benzene rings is 1. The molecule has 0 atom stereocenters. The second kappa shape index (κ2) is 7.58. The van der Waals surface area contributed by atoms with E-state index in [0.717, 1.165) is 0 Å². The number of carbonyl (C=O) groups is 2. The first-order valence-corrected chi connectivity index (χ1v) is 5.63. The average Bonchev–Trinajstić information content (AvgIpc) is 2.43. The average molecular weight is 252 g/mol. The van der Waals surface area contributed by atoms with Crippen molar-refractivity contribution in [2.45, 2.75) is 6.42 Å². The van der Waals surface area contributed by atoms with Crippen molar-refractivity contribution >= 4 is 11.8 Å². The number of aliphatic hydroxyl groups excluding tert-OH is 2. The lowest BCUT2D eigenvalue weighted by atomic mass is 10.1. The molecule has 0 saturated carbocycles. The van der Waals surface area contributed by atoms with Crippen LogP contribution >= 0.6 is 0 Å². The Morgan fingerprint density at radius 3 is 2.28 bits per heavy atom. The molecular weight excluding hydrogens is 236 g/mol. The van der Waals surface area contributed by atoms with Gasteiger partial charge in [0.25, 0.3) is 0 Å². The van der Waals surface area contributed by atoms with Gasteiger partial charge < -0.3 is 14.9 Å². The van der Waals surface area contributed by atoms with Gasteiger partial charge in [-0.1, -0.05) is 30.3 Å². The van der Waals surface area contributed by atoms with Gasteiger partial charge in [0.05, 0.1) is 6.42 Å². The number of rotatable bonds is 7. The maximum Gasteiger partial charge on any atom is 0.306 e. The van der Waals surface area contributed by atoms with E-state index in [0.29, 0.717) is 5.56 Å². The molecule has 5 nitrogen and oxygen atoms in total. The van der Waals surface area contributed by atoms with Gasteiger partial charge in [-0.15, -0.1) is 0 Å². The molecule has 1 aromatic carbocycles. The van der Waals surface area contributed by atoms with Crippen LogP contribution in [0.3, 0.4) is 0 Å². The van der Waals surface area contributed by atoms with Crippen LogP contribution in [0.1, 0.15) is 16.8 Å². The van der Waals surface area contributed by atoms with Crippen molar-refractivity contribution < 1.29 is 24.5 Å². The SMILES string of the molecule is O=C(CC(CO)CO)OCC(=O)c1ccccc1. The predicted molar refractivity (Wildman–Crippen MR) is 64.0 cm³/mol. The van der Waals surface area contributed by atoms with Gasteiger partial charge >= 0.3 is 5.97 Å². The number of carbonyl (C=O) groups excluding carboxylic acids is 2. The van der Waals surface area contributed by atoms with E-state index in [4.69, 9.17) is 14.9 Å². The van der Waals surface area contributed by atoms with Crippen LogP contribution in [0, 0.1) is 5.92 Å². The van der Waals surface area contributed by atoms with E-state index in [1.807, 2.05) is 0 Å². The molecule has 0 aromatic heterocycles. The summed E-state index contributed by atoms with van der Waals surface area (Å²) in [6, 6.07) is 8.52. The molecule has 0 aliphatic carbocycles. The van der Waals surface area contributed by atoms with Crippen LogP contribution in [-0.4, -0.2) is 41.8 Å². The molecule has 0 amide bonds. The fourth-order valence-electron chi connectivity index (χ4n) is 1.33. The summed E-state index contributed by atoms with van der Waals surface area (Å²) < 4.78 is 4.78. The zero-order valence-electron chi connectivity index (χ0n) is 9.91. The smallest absolute Gasteiger partial charge is 0.306 e. The monoisotopic (exact) mass is 252 g/mol. The molecule has 5 heteroatoms. The van der Waals surface area contributed by atoms with Crippen LogP contribution in [-0.2, 0) is 9.53 Å². The first-order valence-electron chi connectivity index (χ1n) is 5.63. The molecule has 1 rings (SSSR count). The topological polar surface area (TPSA) is 83.8 Å². The third kappa shape index (κ3) is 4.65. The van der Waals surface area contributed by atoms with Crippen LogP contribution in [0.25, 0.3) is 0 Å². The third-order valence-corrected chi connectivity index (χ3v) is 2.43. The minimum absolute atomic E-state index is 0.102. The summed E-state index contributed by atoms with van der Waals surface area (Å²) in [6.07, 6.45) is -0.102. The summed E-state index contributed by atoms with van der Waals surface area (Å²) in [5, 5.41) is 17.6. The molecule has 0 unspecified atom stereocenters. The van der Waals surface area contributed by atoms with Crippen LogP contribution in [0.5, 0.6) is 0 Å². The Balaban J connectivity index is 2.37. The zero-order chi connectivity index (χ0) is 13.4. The molecule has 0 saturated heterocycles. The number of hydrogen-bond acceptors (Lipinski definition) is 5. The summed E-state index contributed by atoms with van der Waals surface area (Å²) in [6.45, 7) is -0.914. The second-order valence-electron chi connectivity index (χ2n) is 3.89. The van der Waals surface area contributed by atoms with E-state index in [2.05, 4.69) is 0 Å². The minimum Gasteiger partial charge on any atom is -0.457 e. The lowest BCUT2D eigenvalue weighted by Gasteiger charge is -2.09. The van der Waals surface area contributed by atoms with Crippen LogP contribution in [0.15, 0.2) is 30.3 Å². The van der Waals surface area contributed by atoms with E-state index in [9.17, 15) is 9.59 Å². The fourth-order valence-corrected chi connectivity index (χ4v) is 1.33. The minimum atomic E-state index is -0.604. The van der Waals surface area contributed by atoms with Gasteiger partial charge in [0.1, 0.15) is 0 Å². The Hall–Kier alpha value is -1.72. The van der Waals surface area contributed by atoms with Crippen molar-refractivity contribution in [3.05, 3.63) is 35.9 Å². The molecule has 0 bridgehead atoms. The molecule has 0 fully saturated rings. The van der Waals surface area contributed by atoms with Crippen LogP contribution < -0.4 is 0 Å². The van der Waals surface area contributed by atoms with Crippen LogP contribution in [0.4, 0.5) is 0 Å². The van der Waals surface area contributed by atoms with Gasteiger partial charge in [0.2, 0.25) is 0 Å². The fraction of sp³-hybridized carbons (Fsp3) is 0.385. The molecule has 1 aromatic rings. The summed E-state index contributed by atoms with van der Waals surface area (Å²) in [5.74, 6) is -1.43. The highest BCUT2D eigenvalue weighted by atomic mass is 16.5. The number of aliphatic hydroxyl groups is 2. The van der Waals surface area contributed by atoms with E-state index in [-0.39, 0.29) is 32.0 Å². The standard InChI is InChI=1S/C13H16O5/c14-7-10(8-15)6-13(17)18-9-12(16)11-4-2-1-3-5-11/h1-5,10,14-15H,6-9H2. The van der Waals surface area contributed by atoms with Gasteiger partial charge in [0.15, 0.2) is 12.4 Å². The number of ketones is 1. The Kier molecular flexibility index (Phi) is 6.04. The quantitative estimate of drug-likeness (QED) is 0.542. The van der Waals surface area contributed by atoms with Crippen molar-refractivity contribution in [2.24, 2.45) is 5.92 Å². The molecule has 2 N–H and O–H groups in total. The van der Waals surface area contributed by atoms with Crippen molar-refractivity contribution in [2.75, 3.05) is 19.8 Å². The van der Waals surface area contributed by atoms with Crippen molar-refractivity contribution in [3.8, 4) is 0 Å².